The molecular formula is C29H29ClN4O5S. The highest BCUT2D eigenvalue weighted by Gasteiger charge is 2.31. The minimum absolute atomic E-state index is 0. The summed E-state index contributed by atoms with van der Waals surface area (Å²) in [6.07, 6.45) is 0.482. The molecule has 208 valence electrons. The minimum atomic E-state index is -0.394. The van der Waals surface area contributed by atoms with Crippen molar-refractivity contribution in [2.75, 3.05) is 5.32 Å². The number of thioether (sulfide) groups is 1. The molecule has 9 nitrogen and oxygen atoms in total. The summed E-state index contributed by atoms with van der Waals surface area (Å²) < 4.78 is 14.1. The molecule has 2 N–H and O–H groups in total. The molecular weight excluding hydrogens is 552 g/mol. The van der Waals surface area contributed by atoms with Gasteiger partial charge in [0.25, 0.3) is 5.24 Å². The third-order valence-corrected chi connectivity index (χ3v) is 7.45. The van der Waals surface area contributed by atoms with E-state index in [2.05, 4.69) is 10.6 Å². The summed E-state index contributed by atoms with van der Waals surface area (Å²) in [7, 11) is 1.93. The molecule has 11 heteroatoms. The molecule has 4 aromatic rings. The highest BCUT2D eigenvalue weighted by atomic mass is 35.5. The van der Waals surface area contributed by atoms with Crippen molar-refractivity contribution in [1.29, 1.82) is 0 Å². The zero-order valence-corrected chi connectivity index (χ0v) is 24.1. The molecule has 1 aliphatic heterocycles. The Balaban J connectivity index is 0.00000370. The molecule has 0 bridgehead atoms. The maximum Gasteiger partial charge on any atom is 0.286 e. The first-order chi connectivity index (χ1) is 18.7. The topological polar surface area (TPSA) is 112 Å². The van der Waals surface area contributed by atoms with Gasteiger partial charge >= 0.3 is 0 Å². The molecule has 3 amide bonds. The molecule has 0 saturated carbocycles. The van der Waals surface area contributed by atoms with Crippen molar-refractivity contribution < 1.29 is 23.9 Å². The molecule has 1 atom stereocenters. The lowest BCUT2D eigenvalue weighted by molar-refractivity contribution is -0.119. The lowest BCUT2D eigenvalue weighted by Gasteiger charge is -2.13. The molecule has 40 heavy (non-hydrogen) atoms. The average molecular weight is 581 g/mol. The Morgan fingerprint density at radius 1 is 1.02 bits per heavy atom. The molecule has 5 rings (SSSR count). The van der Waals surface area contributed by atoms with Gasteiger partial charge in [-0.2, -0.15) is 0 Å². The number of aryl methyl sites for hydroxylation is 3. The number of nitrogens with zero attached hydrogens (tertiary/aromatic N) is 2. The quantitative estimate of drug-likeness (QED) is 0.269. The number of aromatic nitrogens is 2. The lowest BCUT2D eigenvalue weighted by atomic mass is 10.1. The minimum Gasteiger partial charge on any atom is -0.486 e. The largest absolute Gasteiger partial charge is 0.486 e. The summed E-state index contributed by atoms with van der Waals surface area (Å²) >= 11 is 1.02. The number of amides is 3. The average Bonchev–Trinajstić information content (AvgIpc) is 3.37. The van der Waals surface area contributed by atoms with Crippen LogP contribution in [0.3, 0.4) is 0 Å². The second-order valence-electron chi connectivity index (χ2n) is 9.47. The fourth-order valence-corrected chi connectivity index (χ4v) is 5.38. The number of halogens is 1. The Kier molecular flexibility index (Phi) is 8.70. The molecule has 1 aliphatic rings. The Bertz CT molecular complexity index is 1580. The summed E-state index contributed by atoms with van der Waals surface area (Å²) in [5.74, 6) is 2.45. The standard InChI is InChI=1S/C29H28N4O5S.ClH/c1-16-11-22(12-17(2)27(16)30-18(3)34)38-21-9-10-23-24(14-21)33(4)26(31-23)15-37-20-7-5-19(6-8-20)13-25-28(35)32-29(36)39-25;/h5-12,14,25H,13,15H2,1-4H3,(H,30,34)(H,32,35,36);1H. The molecule has 1 saturated heterocycles. The predicted molar refractivity (Wildman–Crippen MR) is 158 cm³/mol. The number of nitrogens with one attached hydrogen (secondary N) is 2. The highest BCUT2D eigenvalue weighted by molar-refractivity contribution is 8.15. The van der Waals surface area contributed by atoms with E-state index in [-0.39, 0.29) is 36.1 Å². The van der Waals surface area contributed by atoms with Crippen LogP contribution in [-0.4, -0.2) is 31.9 Å². The highest BCUT2D eigenvalue weighted by Crippen LogP contribution is 2.31. The van der Waals surface area contributed by atoms with Gasteiger partial charge in [0, 0.05) is 25.7 Å². The summed E-state index contributed by atoms with van der Waals surface area (Å²) in [5, 5.41) is 4.49. The van der Waals surface area contributed by atoms with Crippen molar-refractivity contribution in [3.05, 3.63) is 77.1 Å². The molecule has 0 radical (unpaired) electrons. The second kappa shape index (κ2) is 12.0. The third-order valence-electron chi connectivity index (χ3n) is 6.47. The van der Waals surface area contributed by atoms with Crippen LogP contribution in [0.2, 0.25) is 0 Å². The summed E-state index contributed by atoms with van der Waals surface area (Å²) in [6.45, 7) is 5.64. The number of hydrogen-bond acceptors (Lipinski definition) is 7. The van der Waals surface area contributed by atoms with E-state index in [1.165, 1.54) is 6.92 Å². The summed E-state index contributed by atoms with van der Waals surface area (Å²) in [5.41, 5.74) is 5.34. The first-order valence-corrected chi connectivity index (χ1v) is 13.3. The normalized spacial score (nSPS) is 14.6. The fraction of sp³-hybridized carbons (Fsp3) is 0.241. The smallest absolute Gasteiger partial charge is 0.286 e. The van der Waals surface area contributed by atoms with Crippen molar-refractivity contribution in [3.8, 4) is 17.2 Å². The number of anilines is 1. The summed E-state index contributed by atoms with van der Waals surface area (Å²) in [4.78, 5) is 39.4. The maximum atomic E-state index is 11.8. The first kappa shape index (κ1) is 29.0. The molecule has 1 fully saturated rings. The van der Waals surface area contributed by atoms with Gasteiger partial charge in [0.05, 0.1) is 16.3 Å². The Hall–Kier alpha value is -4.02. The second-order valence-corrected chi connectivity index (χ2v) is 10.6. The van der Waals surface area contributed by atoms with Gasteiger partial charge in [0.2, 0.25) is 11.8 Å². The lowest BCUT2D eigenvalue weighted by Crippen LogP contribution is -2.25. The SMILES string of the molecule is CC(=O)Nc1c(C)cc(Oc2ccc3nc(COc4ccc(CC5SC(=O)NC5=O)cc4)n(C)c3c2)cc1C.Cl. The van der Waals surface area contributed by atoms with Crippen LogP contribution in [0.25, 0.3) is 11.0 Å². The first-order valence-electron chi connectivity index (χ1n) is 12.4. The van der Waals surface area contributed by atoms with Crippen LogP contribution in [0.4, 0.5) is 10.5 Å². The Morgan fingerprint density at radius 3 is 2.33 bits per heavy atom. The monoisotopic (exact) mass is 580 g/mol. The van der Waals surface area contributed by atoms with Gasteiger partial charge in [-0.3, -0.25) is 19.7 Å². The molecule has 3 aromatic carbocycles. The van der Waals surface area contributed by atoms with Crippen LogP contribution >= 0.6 is 24.2 Å². The number of rotatable bonds is 8. The van der Waals surface area contributed by atoms with Gasteiger partial charge in [0.1, 0.15) is 29.7 Å². The van der Waals surface area contributed by atoms with E-state index in [1.54, 1.807) is 0 Å². The fourth-order valence-electron chi connectivity index (χ4n) is 4.52. The molecule has 0 spiro atoms. The van der Waals surface area contributed by atoms with E-state index < -0.39 is 5.25 Å². The zero-order valence-electron chi connectivity index (χ0n) is 22.4. The van der Waals surface area contributed by atoms with E-state index in [1.807, 2.05) is 80.1 Å². The maximum absolute atomic E-state index is 11.8. The van der Waals surface area contributed by atoms with Gasteiger partial charge in [0.15, 0.2) is 0 Å². The van der Waals surface area contributed by atoms with Crippen LogP contribution in [0.5, 0.6) is 17.2 Å². The number of fused-ring (bicyclic) bond motifs is 1. The van der Waals surface area contributed by atoms with E-state index in [4.69, 9.17) is 14.5 Å². The number of carbonyl (C=O) groups is 3. The van der Waals surface area contributed by atoms with E-state index in [0.29, 0.717) is 23.7 Å². The van der Waals surface area contributed by atoms with Gasteiger partial charge in [-0.05, 0) is 73.4 Å². The molecule has 1 aromatic heterocycles. The van der Waals surface area contributed by atoms with Crippen molar-refractivity contribution in [3.63, 3.8) is 0 Å². The van der Waals surface area contributed by atoms with Crippen LogP contribution in [0.15, 0.2) is 54.6 Å². The zero-order chi connectivity index (χ0) is 27.7. The van der Waals surface area contributed by atoms with E-state index in [0.717, 1.165) is 51.0 Å². The van der Waals surface area contributed by atoms with Crippen molar-refractivity contribution in [2.24, 2.45) is 7.05 Å². The number of imide groups is 1. The van der Waals surface area contributed by atoms with Crippen LogP contribution in [-0.2, 0) is 29.7 Å². The number of imidazole rings is 1. The number of hydrogen-bond donors (Lipinski definition) is 2. The van der Waals surface area contributed by atoms with Crippen molar-refractivity contribution >= 4 is 57.9 Å². The van der Waals surface area contributed by atoms with Gasteiger partial charge < -0.3 is 19.4 Å². The van der Waals surface area contributed by atoms with E-state index >= 15 is 0 Å². The van der Waals surface area contributed by atoms with Gasteiger partial charge in [-0.1, -0.05) is 23.9 Å². The number of carbonyl (C=O) groups excluding carboxylic acids is 3. The summed E-state index contributed by atoms with van der Waals surface area (Å²) in [6, 6.07) is 17.0. The Morgan fingerprint density at radius 2 is 1.70 bits per heavy atom. The van der Waals surface area contributed by atoms with Crippen molar-refractivity contribution in [1.82, 2.24) is 14.9 Å². The van der Waals surface area contributed by atoms with E-state index in [9.17, 15) is 14.4 Å². The third kappa shape index (κ3) is 6.40. The molecule has 0 aliphatic carbocycles. The van der Waals surface area contributed by atoms with Gasteiger partial charge in [-0.15, -0.1) is 12.4 Å². The van der Waals surface area contributed by atoms with Crippen LogP contribution < -0.4 is 20.1 Å². The predicted octanol–water partition coefficient (Wildman–Crippen LogP) is 5.84. The molecule has 2 heterocycles. The molecule has 1 unspecified atom stereocenters. The Labute approximate surface area is 242 Å². The number of ether oxygens (including phenoxy) is 2. The van der Waals surface area contributed by atoms with Crippen LogP contribution in [0, 0.1) is 13.8 Å². The van der Waals surface area contributed by atoms with Crippen LogP contribution in [0.1, 0.15) is 29.4 Å². The van der Waals surface area contributed by atoms with Crippen molar-refractivity contribution in [2.45, 2.75) is 39.0 Å². The number of benzene rings is 3. The van der Waals surface area contributed by atoms with Gasteiger partial charge in [-0.25, -0.2) is 4.98 Å².